The molecule has 0 atom stereocenters. The fourth-order valence-corrected chi connectivity index (χ4v) is 2.97. The fourth-order valence-electron chi connectivity index (χ4n) is 2.28. The van der Waals surface area contributed by atoms with Crippen molar-refractivity contribution in [1.29, 1.82) is 0 Å². The van der Waals surface area contributed by atoms with E-state index < -0.39 is 11.8 Å². The van der Waals surface area contributed by atoms with Crippen molar-refractivity contribution < 1.29 is 14.4 Å². The van der Waals surface area contributed by atoms with E-state index in [0.29, 0.717) is 22.0 Å². The number of anilines is 1. The number of aromatic nitrogens is 3. The quantitative estimate of drug-likeness (QED) is 0.420. The number of hydrogen-bond donors (Lipinski definition) is 3. The third kappa shape index (κ3) is 5.66. The zero-order valence-electron chi connectivity index (χ0n) is 15.5. The van der Waals surface area contributed by atoms with Crippen LogP contribution in [0.5, 0.6) is 0 Å². The number of thioether (sulfide) groups is 1. The first kappa shape index (κ1) is 20.1. The Bertz CT molecular complexity index is 1000. The van der Waals surface area contributed by atoms with Crippen LogP contribution in [0.3, 0.4) is 0 Å². The van der Waals surface area contributed by atoms with Crippen molar-refractivity contribution in [3.8, 4) is 0 Å². The summed E-state index contributed by atoms with van der Waals surface area (Å²) in [6, 6.07) is 14.9. The summed E-state index contributed by atoms with van der Waals surface area (Å²) in [7, 11) is 1.80. The maximum Gasteiger partial charge on any atom is 0.269 e. The lowest BCUT2D eigenvalue weighted by Gasteiger charge is -2.09. The van der Waals surface area contributed by atoms with E-state index in [9.17, 15) is 14.4 Å². The van der Waals surface area contributed by atoms with Crippen molar-refractivity contribution in [2.24, 2.45) is 7.05 Å². The van der Waals surface area contributed by atoms with Crippen LogP contribution >= 0.6 is 11.8 Å². The Morgan fingerprint density at radius 1 is 0.931 bits per heavy atom. The van der Waals surface area contributed by atoms with Crippen molar-refractivity contribution in [1.82, 2.24) is 25.6 Å². The van der Waals surface area contributed by atoms with E-state index in [0.717, 1.165) is 0 Å². The molecule has 3 aromatic rings. The summed E-state index contributed by atoms with van der Waals surface area (Å²) in [6.45, 7) is 0. The van der Waals surface area contributed by atoms with Crippen molar-refractivity contribution in [3.05, 3.63) is 72.1 Å². The van der Waals surface area contributed by atoms with Gasteiger partial charge in [-0.05, 0) is 36.4 Å². The minimum absolute atomic E-state index is 0.181. The second-order valence-corrected chi connectivity index (χ2v) is 6.86. The van der Waals surface area contributed by atoms with Gasteiger partial charge in [0, 0.05) is 23.9 Å². The highest BCUT2D eigenvalue weighted by Gasteiger charge is 2.10. The predicted molar refractivity (Wildman–Crippen MR) is 108 cm³/mol. The molecule has 0 bridgehead atoms. The lowest BCUT2D eigenvalue weighted by atomic mass is 10.2. The number of hydrogen-bond acceptors (Lipinski definition) is 6. The van der Waals surface area contributed by atoms with Crippen LogP contribution in [-0.2, 0) is 11.8 Å². The van der Waals surface area contributed by atoms with E-state index in [4.69, 9.17) is 0 Å². The minimum Gasteiger partial charge on any atom is -0.325 e. The van der Waals surface area contributed by atoms with Crippen molar-refractivity contribution >= 4 is 35.2 Å². The van der Waals surface area contributed by atoms with Gasteiger partial charge in [-0.25, -0.2) is 0 Å². The molecule has 148 valence electrons. The Morgan fingerprint density at radius 3 is 2.14 bits per heavy atom. The molecule has 3 rings (SSSR count). The molecule has 0 saturated carbocycles. The summed E-state index contributed by atoms with van der Waals surface area (Å²) in [5.74, 6) is -0.904. The molecule has 0 unspecified atom stereocenters. The van der Waals surface area contributed by atoms with Crippen LogP contribution in [0.25, 0.3) is 0 Å². The minimum atomic E-state index is -0.468. The fraction of sp³-hybridized carbons (Fsp3) is 0.105. The zero-order chi connectivity index (χ0) is 20.6. The van der Waals surface area contributed by atoms with Gasteiger partial charge in [0.25, 0.3) is 11.8 Å². The van der Waals surface area contributed by atoms with Crippen LogP contribution in [0.4, 0.5) is 5.69 Å². The van der Waals surface area contributed by atoms with Crippen LogP contribution in [0.15, 0.2) is 66.1 Å². The largest absolute Gasteiger partial charge is 0.325 e. The highest BCUT2D eigenvalue weighted by molar-refractivity contribution is 7.99. The van der Waals surface area contributed by atoms with Gasteiger partial charge in [0.05, 0.1) is 5.75 Å². The number of rotatable bonds is 6. The summed E-state index contributed by atoms with van der Waals surface area (Å²) in [5, 5.41) is 11.0. The maximum absolute atomic E-state index is 12.1. The molecule has 1 heterocycles. The molecule has 29 heavy (non-hydrogen) atoms. The molecule has 10 heteroatoms. The van der Waals surface area contributed by atoms with Crippen LogP contribution in [0.1, 0.15) is 20.7 Å². The van der Waals surface area contributed by atoms with Crippen LogP contribution in [-0.4, -0.2) is 38.2 Å². The zero-order valence-corrected chi connectivity index (χ0v) is 16.3. The average Bonchev–Trinajstić information content (AvgIpc) is 3.16. The molecular weight excluding hydrogens is 392 g/mol. The molecular formula is C19H18N6O3S. The van der Waals surface area contributed by atoms with E-state index >= 15 is 0 Å². The molecule has 0 radical (unpaired) electrons. The van der Waals surface area contributed by atoms with Gasteiger partial charge in [-0.15, -0.1) is 10.2 Å². The maximum atomic E-state index is 12.1. The van der Waals surface area contributed by atoms with Gasteiger partial charge in [-0.3, -0.25) is 25.2 Å². The first-order valence-corrected chi connectivity index (χ1v) is 9.54. The topological polar surface area (TPSA) is 118 Å². The number of carbonyl (C=O) groups is 3. The van der Waals surface area contributed by atoms with Crippen LogP contribution < -0.4 is 16.2 Å². The molecule has 1 aromatic heterocycles. The third-order valence-electron chi connectivity index (χ3n) is 3.76. The first-order valence-electron chi connectivity index (χ1n) is 8.55. The third-order valence-corrected chi connectivity index (χ3v) is 4.79. The van der Waals surface area contributed by atoms with Crippen LogP contribution in [0, 0.1) is 0 Å². The lowest BCUT2D eigenvalue weighted by Crippen LogP contribution is -2.41. The number of hydrazine groups is 1. The number of aryl methyl sites for hydroxylation is 1. The molecule has 2 aromatic carbocycles. The van der Waals surface area contributed by atoms with E-state index in [1.807, 2.05) is 0 Å². The van der Waals surface area contributed by atoms with Crippen molar-refractivity contribution in [2.75, 3.05) is 11.1 Å². The standard InChI is InChI=1S/C19H18N6O3S/c1-25-12-20-24-19(25)29-11-16(26)21-15-9-7-14(8-10-15)18(28)23-22-17(27)13-5-3-2-4-6-13/h2-10,12H,11H2,1H3,(H,21,26)(H,22,27)(H,23,28). The average molecular weight is 410 g/mol. The molecule has 3 N–H and O–H groups in total. The number of nitrogens with one attached hydrogen (secondary N) is 3. The summed E-state index contributed by atoms with van der Waals surface area (Å²) < 4.78 is 1.72. The SMILES string of the molecule is Cn1cnnc1SCC(=O)Nc1ccc(C(=O)NNC(=O)c2ccccc2)cc1. The Morgan fingerprint density at radius 2 is 1.55 bits per heavy atom. The smallest absolute Gasteiger partial charge is 0.269 e. The first-order chi connectivity index (χ1) is 14.0. The van der Waals surface area contributed by atoms with Gasteiger partial charge in [0.1, 0.15) is 6.33 Å². The van der Waals surface area contributed by atoms with E-state index in [-0.39, 0.29) is 11.7 Å². The summed E-state index contributed by atoms with van der Waals surface area (Å²) in [5.41, 5.74) is 6.04. The molecule has 9 nitrogen and oxygen atoms in total. The highest BCUT2D eigenvalue weighted by Crippen LogP contribution is 2.15. The second-order valence-electron chi connectivity index (χ2n) is 5.91. The summed E-state index contributed by atoms with van der Waals surface area (Å²) in [4.78, 5) is 36.1. The lowest BCUT2D eigenvalue weighted by molar-refractivity contribution is -0.113. The van der Waals surface area contributed by atoms with Gasteiger partial charge in [-0.1, -0.05) is 30.0 Å². The predicted octanol–water partition coefficient (Wildman–Crippen LogP) is 1.62. The van der Waals surface area contributed by atoms with Gasteiger partial charge < -0.3 is 9.88 Å². The number of amides is 3. The Balaban J connectivity index is 1.47. The van der Waals surface area contributed by atoms with Gasteiger partial charge in [0.15, 0.2) is 5.16 Å². The number of nitrogens with zero attached hydrogens (tertiary/aromatic N) is 3. The summed E-state index contributed by atoms with van der Waals surface area (Å²) >= 11 is 1.27. The monoisotopic (exact) mass is 410 g/mol. The van der Waals surface area contributed by atoms with E-state index in [1.165, 1.54) is 11.8 Å². The van der Waals surface area contributed by atoms with Gasteiger partial charge in [0.2, 0.25) is 5.91 Å². The Labute approximate surface area is 170 Å². The summed E-state index contributed by atoms with van der Waals surface area (Å²) in [6.07, 6.45) is 1.56. The Hall–Kier alpha value is -3.66. The number of carbonyl (C=O) groups excluding carboxylic acids is 3. The van der Waals surface area contributed by atoms with E-state index in [2.05, 4.69) is 26.4 Å². The van der Waals surface area contributed by atoms with Crippen molar-refractivity contribution in [2.45, 2.75) is 5.16 Å². The van der Waals surface area contributed by atoms with Gasteiger partial charge in [-0.2, -0.15) is 0 Å². The molecule has 0 fully saturated rings. The molecule has 0 spiro atoms. The van der Waals surface area contributed by atoms with E-state index in [1.54, 1.807) is 72.5 Å². The molecule has 0 aliphatic heterocycles. The molecule has 0 aliphatic carbocycles. The molecule has 3 amide bonds. The van der Waals surface area contributed by atoms with Crippen LogP contribution in [0.2, 0.25) is 0 Å². The Kier molecular flexibility index (Phi) is 6.59. The molecule has 0 aliphatic rings. The number of benzene rings is 2. The normalized spacial score (nSPS) is 10.2. The second kappa shape index (κ2) is 9.51. The highest BCUT2D eigenvalue weighted by atomic mass is 32.2. The molecule has 0 saturated heterocycles. The van der Waals surface area contributed by atoms with Crippen molar-refractivity contribution in [3.63, 3.8) is 0 Å². The van der Waals surface area contributed by atoms with Gasteiger partial charge >= 0.3 is 0 Å².